The summed E-state index contributed by atoms with van der Waals surface area (Å²) in [7, 11) is 0. The van der Waals surface area contributed by atoms with Gasteiger partial charge in [0.05, 0.1) is 0 Å². The topological polar surface area (TPSA) is 229 Å². The van der Waals surface area contributed by atoms with Crippen molar-refractivity contribution in [3.05, 3.63) is 0 Å². The molecule has 11 nitrogen and oxygen atoms in total. The van der Waals surface area contributed by atoms with Gasteiger partial charge in [-0.2, -0.15) is 12.6 Å². The summed E-state index contributed by atoms with van der Waals surface area (Å²) in [6.45, 7) is -0.567. The number of carboxylic acids is 2. The first-order chi connectivity index (χ1) is 9.27. The van der Waals surface area contributed by atoms with Gasteiger partial charge in [-0.05, 0) is 6.42 Å². The van der Waals surface area contributed by atoms with Crippen molar-refractivity contribution in [2.24, 2.45) is 5.73 Å². The van der Waals surface area contributed by atoms with E-state index in [1.165, 1.54) is 0 Å². The monoisotopic (exact) mass is 606 g/mol. The van der Waals surface area contributed by atoms with Crippen molar-refractivity contribution < 1.29 is 75.3 Å². The Labute approximate surface area is 177 Å². The Hall–Kier alpha value is -0.622. The van der Waals surface area contributed by atoms with E-state index in [0.717, 1.165) is 0 Å². The van der Waals surface area contributed by atoms with E-state index in [1.54, 1.807) is 0 Å². The van der Waals surface area contributed by atoms with Crippen LogP contribution >= 0.6 is 12.6 Å². The van der Waals surface area contributed by atoms with Crippen molar-refractivity contribution in [2.45, 2.75) is 24.9 Å². The molecule has 0 fully saturated rings. The number of carbonyl (C=O) groups is 4. The van der Waals surface area contributed by atoms with Gasteiger partial charge in [0.2, 0.25) is 11.8 Å². The van der Waals surface area contributed by atoms with Crippen molar-refractivity contribution in [3.63, 3.8) is 0 Å². The predicted octanol–water partition coefficient (Wildman–Crippen LogP) is -7.88. The van der Waals surface area contributed by atoms with Crippen LogP contribution in [0.1, 0.15) is 12.8 Å². The zero-order chi connectivity index (χ0) is 15.7. The molecule has 0 aromatic carbocycles. The number of halogens is 2. The number of hydrogen-bond donors (Lipinski definition) is 8. The Morgan fingerprint density at radius 2 is 1.56 bits per heavy atom. The van der Waals surface area contributed by atoms with Crippen LogP contribution in [0.5, 0.6) is 0 Å². The summed E-state index contributed by atoms with van der Waals surface area (Å²) in [5.74, 6) is -3.70. The number of amides is 2. The summed E-state index contributed by atoms with van der Waals surface area (Å²) in [6.07, 6.45) is -0.235. The van der Waals surface area contributed by atoms with Crippen molar-refractivity contribution in [1.82, 2.24) is 22.9 Å². The maximum atomic E-state index is 11.5. The van der Waals surface area contributed by atoms with Crippen molar-refractivity contribution in [2.75, 3.05) is 12.3 Å². The van der Waals surface area contributed by atoms with Crippen LogP contribution in [0.2, 0.25) is 0 Å². The van der Waals surface area contributed by atoms with Gasteiger partial charge in [-0.25, -0.2) is 0 Å². The molecular weight excluding hydrogens is 584 g/mol. The molecular formula is C10H23Cl2N5O6PtS. The third-order valence-corrected chi connectivity index (χ3v) is 2.61. The minimum absolute atomic E-state index is 0. The quantitative estimate of drug-likeness (QED) is 0.116. The second kappa shape index (κ2) is 21.4. The van der Waals surface area contributed by atoms with Gasteiger partial charge in [0, 0.05) is 12.2 Å². The van der Waals surface area contributed by atoms with Gasteiger partial charge >= 0.3 is 33.0 Å². The van der Waals surface area contributed by atoms with Crippen LogP contribution in [0.4, 0.5) is 0 Å². The number of aliphatic carboxylic acids is 2. The van der Waals surface area contributed by atoms with E-state index in [0.29, 0.717) is 0 Å². The summed E-state index contributed by atoms with van der Waals surface area (Å²) in [5, 5.41) is 21.4. The van der Waals surface area contributed by atoms with E-state index >= 15 is 0 Å². The van der Waals surface area contributed by atoms with Crippen molar-refractivity contribution >= 4 is 36.4 Å². The van der Waals surface area contributed by atoms with Crippen LogP contribution < -0.4 is 53.5 Å². The van der Waals surface area contributed by atoms with E-state index in [9.17, 15) is 19.2 Å². The average molecular weight is 607 g/mol. The summed E-state index contributed by atoms with van der Waals surface area (Å²) in [6, 6.07) is -2.15. The van der Waals surface area contributed by atoms with Gasteiger partial charge in [-0.1, -0.05) is 0 Å². The molecule has 0 saturated carbocycles. The molecule has 0 rings (SSSR count). The first-order valence-corrected chi connectivity index (χ1v) is 6.29. The Kier molecular flexibility index (Phi) is 33.8. The Morgan fingerprint density at radius 3 is 1.92 bits per heavy atom. The van der Waals surface area contributed by atoms with Gasteiger partial charge < -0.3 is 63.7 Å². The third-order valence-electron chi connectivity index (χ3n) is 2.25. The minimum Gasteiger partial charge on any atom is -1.00 e. The van der Waals surface area contributed by atoms with E-state index < -0.39 is 42.4 Å². The Bertz CT molecular complexity index is 410. The number of carboxylic acid groups (broad SMARTS) is 2. The molecule has 0 aliphatic carbocycles. The predicted molar refractivity (Wildman–Crippen MR) is 81.3 cm³/mol. The summed E-state index contributed by atoms with van der Waals surface area (Å²) < 4.78 is 0. The molecule has 0 saturated heterocycles. The first-order valence-electron chi connectivity index (χ1n) is 5.66. The standard InChI is InChI=1S/C10H17N3O6S.2ClH.2H3N.Pt/c11-5(10(18)19)1-2-7(14)13-6(4-20)9(17)12-3-8(15)16;;;;;/h5-6,20H,1-4,11H2,(H,12,17)(H,13,14)(H,15,16)(H,18,19);2*1H;2*1H3;/q;;;;;+2/p-2/t5-,6-;;;;;/m0...../s1. The van der Waals surface area contributed by atoms with E-state index in [-0.39, 0.29) is 76.8 Å². The minimum atomic E-state index is -1.22. The molecule has 0 aromatic heterocycles. The van der Waals surface area contributed by atoms with Crippen LogP contribution in [0.3, 0.4) is 0 Å². The maximum Gasteiger partial charge on any atom is 2.00 e. The zero-order valence-electron chi connectivity index (χ0n) is 13.0. The molecule has 0 heterocycles. The second-order valence-corrected chi connectivity index (χ2v) is 4.26. The number of hydrogen-bond acceptors (Lipinski definition) is 8. The molecule has 0 spiro atoms. The van der Waals surface area contributed by atoms with E-state index in [2.05, 4.69) is 23.3 Å². The van der Waals surface area contributed by atoms with Gasteiger partial charge in [0.25, 0.3) is 0 Å². The average Bonchev–Trinajstić information content (AvgIpc) is 2.38. The van der Waals surface area contributed by atoms with E-state index in [1.807, 2.05) is 0 Å². The van der Waals surface area contributed by atoms with Crippen LogP contribution in [0.25, 0.3) is 0 Å². The Morgan fingerprint density at radius 1 is 1.08 bits per heavy atom. The molecule has 0 aromatic rings. The molecule has 25 heavy (non-hydrogen) atoms. The fraction of sp³-hybridized carbons (Fsp3) is 0.600. The SMILES string of the molecule is N.N.N[C@@H](CCC(=O)N[C@@H](CS)C(=O)NCC(=O)O)C(=O)O.[Cl-].[Cl-].[Pt+2]. The summed E-state index contributed by atoms with van der Waals surface area (Å²) in [4.78, 5) is 43.7. The zero-order valence-corrected chi connectivity index (χ0v) is 17.7. The van der Waals surface area contributed by atoms with Gasteiger partial charge in [0.1, 0.15) is 18.6 Å². The second-order valence-electron chi connectivity index (χ2n) is 3.90. The number of rotatable bonds is 9. The number of nitrogens with one attached hydrogen (secondary N) is 2. The van der Waals surface area contributed by atoms with Gasteiger partial charge in [-0.15, -0.1) is 0 Å². The molecule has 0 radical (unpaired) electrons. The van der Waals surface area contributed by atoms with Crippen LogP contribution in [0, 0.1) is 0 Å². The molecule has 0 aliphatic heterocycles. The Balaban J connectivity index is -0.000000180. The van der Waals surface area contributed by atoms with E-state index in [4.69, 9.17) is 15.9 Å². The first kappa shape index (κ1) is 39.4. The largest absolute Gasteiger partial charge is 2.00 e. The molecule has 0 bridgehead atoms. The number of thiol groups is 1. The normalized spacial score (nSPS) is 10.5. The summed E-state index contributed by atoms with van der Waals surface area (Å²) in [5.41, 5.74) is 5.23. The number of nitrogens with two attached hydrogens (primary N) is 1. The van der Waals surface area contributed by atoms with Gasteiger partial charge in [-0.3, -0.25) is 19.2 Å². The molecule has 2 atom stereocenters. The molecule has 12 N–H and O–H groups in total. The smallest absolute Gasteiger partial charge is 1.00 e. The molecule has 0 aliphatic rings. The van der Waals surface area contributed by atoms with Crippen molar-refractivity contribution in [1.29, 1.82) is 0 Å². The molecule has 0 unspecified atom stereocenters. The van der Waals surface area contributed by atoms with Crippen molar-refractivity contribution in [3.8, 4) is 0 Å². The van der Waals surface area contributed by atoms with Crippen LogP contribution in [-0.4, -0.2) is 58.3 Å². The molecule has 2 amide bonds. The fourth-order valence-electron chi connectivity index (χ4n) is 1.16. The maximum absolute atomic E-state index is 11.5. The van der Waals surface area contributed by atoms with Crippen LogP contribution in [0.15, 0.2) is 0 Å². The molecule has 154 valence electrons. The third kappa shape index (κ3) is 19.5. The van der Waals surface area contributed by atoms with Crippen LogP contribution in [-0.2, 0) is 40.2 Å². The summed E-state index contributed by atoms with van der Waals surface area (Å²) >= 11 is 3.87. The molecule has 15 heteroatoms. The fourth-order valence-corrected chi connectivity index (χ4v) is 1.41. The number of carbonyl (C=O) groups excluding carboxylic acids is 2. The van der Waals surface area contributed by atoms with Gasteiger partial charge in [0.15, 0.2) is 0 Å².